The topological polar surface area (TPSA) is 83.5 Å². The number of carbonyl (C=O) groups excluding carboxylic acids is 1. The highest BCUT2D eigenvalue weighted by molar-refractivity contribution is 7.93. The standard InChI is InChI=1S/C15H20ClNO4S/c1-11(18)10-17-14(19)15(8-2-3-9-15)22(20,21)13-6-4-12(16)5-7-13/h4-7,11,18H,2-3,8-10H2,1H3,(H,17,19). The van der Waals surface area contributed by atoms with Crippen molar-refractivity contribution in [2.75, 3.05) is 6.54 Å². The zero-order valence-electron chi connectivity index (χ0n) is 12.4. The number of benzene rings is 1. The van der Waals surface area contributed by atoms with Gasteiger partial charge in [0, 0.05) is 11.6 Å². The third kappa shape index (κ3) is 3.14. The molecule has 0 heterocycles. The molecule has 1 unspecified atom stereocenters. The van der Waals surface area contributed by atoms with E-state index in [9.17, 15) is 18.3 Å². The molecule has 0 radical (unpaired) electrons. The zero-order chi connectivity index (χ0) is 16.4. The smallest absolute Gasteiger partial charge is 0.241 e. The molecule has 5 nitrogen and oxygen atoms in total. The Morgan fingerprint density at radius 1 is 1.32 bits per heavy atom. The molecule has 1 saturated carbocycles. The number of nitrogens with one attached hydrogen (secondary N) is 1. The Balaban J connectivity index is 2.37. The molecule has 1 amide bonds. The summed E-state index contributed by atoms with van der Waals surface area (Å²) >= 11 is 5.80. The summed E-state index contributed by atoms with van der Waals surface area (Å²) in [5.41, 5.74) is 0. The third-order valence-electron chi connectivity index (χ3n) is 4.02. The number of hydrogen-bond donors (Lipinski definition) is 2. The first-order valence-corrected chi connectivity index (χ1v) is 9.12. The van der Waals surface area contributed by atoms with Crippen LogP contribution in [0, 0.1) is 0 Å². The molecule has 0 aliphatic heterocycles. The van der Waals surface area contributed by atoms with Crippen molar-refractivity contribution in [3.05, 3.63) is 29.3 Å². The van der Waals surface area contributed by atoms with Gasteiger partial charge >= 0.3 is 0 Å². The van der Waals surface area contributed by atoms with E-state index in [1.165, 1.54) is 31.2 Å². The summed E-state index contributed by atoms with van der Waals surface area (Å²) in [7, 11) is -3.82. The van der Waals surface area contributed by atoms with E-state index >= 15 is 0 Å². The van der Waals surface area contributed by atoms with E-state index in [1.807, 2.05) is 0 Å². The van der Waals surface area contributed by atoms with Crippen LogP contribution in [0.4, 0.5) is 0 Å². The highest BCUT2D eigenvalue weighted by atomic mass is 35.5. The lowest BCUT2D eigenvalue weighted by atomic mass is 10.1. The minimum Gasteiger partial charge on any atom is -0.392 e. The molecule has 1 aliphatic carbocycles. The molecule has 0 bridgehead atoms. The van der Waals surface area contributed by atoms with Crippen molar-refractivity contribution in [2.24, 2.45) is 0 Å². The minimum absolute atomic E-state index is 0.0384. The van der Waals surface area contributed by atoms with Gasteiger partial charge in [-0.1, -0.05) is 24.4 Å². The molecule has 1 atom stereocenters. The molecule has 1 aromatic carbocycles. The molecule has 0 aromatic heterocycles. The highest BCUT2D eigenvalue weighted by Gasteiger charge is 2.52. The fourth-order valence-corrected chi connectivity index (χ4v) is 5.02. The number of halogens is 1. The monoisotopic (exact) mass is 345 g/mol. The lowest BCUT2D eigenvalue weighted by molar-refractivity contribution is -0.124. The van der Waals surface area contributed by atoms with Crippen LogP contribution in [0.25, 0.3) is 0 Å². The second-order valence-corrected chi connectivity index (χ2v) is 8.41. The van der Waals surface area contributed by atoms with E-state index in [1.54, 1.807) is 0 Å². The van der Waals surface area contributed by atoms with Gasteiger partial charge in [-0.3, -0.25) is 4.79 Å². The van der Waals surface area contributed by atoms with Crippen molar-refractivity contribution in [1.29, 1.82) is 0 Å². The fraction of sp³-hybridized carbons (Fsp3) is 0.533. The zero-order valence-corrected chi connectivity index (χ0v) is 14.0. The Bertz CT molecular complexity index is 634. The molecule has 122 valence electrons. The molecule has 2 rings (SSSR count). The fourth-order valence-electron chi connectivity index (χ4n) is 2.80. The van der Waals surface area contributed by atoms with Gasteiger partial charge in [-0.25, -0.2) is 8.42 Å². The first-order valence-electron chi connectivity index (χ1n) is 7.26. The van der Waals surface area contributed by atoms with Crippen LogP contribution in [0.3, 0.4) is 0 Å². The molecule has 1 fully saturated rings. The number of rotatable bonds is 5. The van der Waals surface area contributed by atoms with Gasteiger partial charge in [0.05, 0.1) is 11.0 Å². The van der Waals surface area contributed by atoms with Crippen LogP contribution < -0.4 is 5.32 Å². The predicted molar refractivity (Wildman–Crippen MR) is 84.5 cm³/mol. The highest BCUT2D eigenvalue weighted by Crippen LogP contribution is 2.40. The van der Waals surface area contributed by atoms with Crippen molar-refractivity contribution in [2.45, 2.75) is 48.4 Å². The Morgan fingerprint density at radius 3 is 2.36 bits per heavy atom. The van der Waals surface area contributed by atoms with Crippen LogP contribution in [0.2, 0.25) is 5.02 Å². The number of aliphatic hydroxyl groups is 1. The lowest BCUT2D eigenvalue weighted by Crippen LogP contribution is -2.51. The summed E-state index contributed by atoms with van der Waals surface area (Å²) in [5.74, 6) is -0.527. The predicted octanol–water partition coefficient (Wildman–Crippen LogP) is 1.92. The molecule has 0 spiro atoms. The Hall–Kier alpha value is -1.11. The van der Waals surface area contributed by atoms with Crippen LogP contribution in [-0.4, -0.2) is 36.8 Å². The van der Waals surface area contributed by atoms with Crippen LogP contribution in [0.15, 0.2) is 29.2 Å². The summed E-state index contributed by atoms with van der Waals surface area (Å²) < 4.78 is 24.5. The SMILES string of the molecule is CC(O)CNC(=O)C1(S(=O)(=O)c2ccc(Cl)cc2)CCCC1. The third-order valence-corrected chi connectivity index (χ3v) is 6.79. The maximum Gasteiger partial charge on any atom is 0.241 e. The van der Waals surface area contributed by atoms with E-state index in [-0.39, 0.29) is 11.4 Å². The van der Waals surface area contributed by atoms with Crippen molar-refractivity contribution in [3.63, 3.8) is 0 Å². The molecular weight excluding hydrogens is 326 g/mol. The molecule has 1 aliphatic rings. The van der Waals surface area contributed by atoms with Crippen molar-refractivity contribution in [1.82, 2.24) is 5.32 Å². The van der Waals surface area contributed by atoms with Gasteiger partial charge in [0.25, 0.3) is 0 Å². The largest absolute Gasteiger partial charge is 0.392 e. The van der Waals surface area contributed by atoms with Gasteiger partial charge in [0.1, 0.15) is 0 Å². The van der Waals surface area contributed by atoms with E-state index in [4.69, 9.17) is 11.6 Å². The van der Waals surface area contributed by atoms with Gasteiger partial charge in [-0.05, 0) is 44.0 Å². The number of amides is 1. The molecule has 2 N–H and O–H groups in total. The van der Waals surface area contributed by atoms with Gasteiger partial charge in [-0.15, -0.1) is 0 Å². The Morgan fingerprint density at radius 2 is 1.86 bits per heavy atom. The summed E-state index contributed by atoms with van der Waals surface area (Å²) in [6.45, 7) is 1.58. The maximum absolute atomic E-state index is 13.0. The molecule has 1 aromatic rings. The summed E-state index contributed by atoms with van der Waals surface area (Å²) in [5, 5.41) is 12.3. The number of hydrogen-bond acceptors (Lipinski definition) is 4. The van der Waals surface area contributed by atoms with E-state index in [0.29, 0.717) is 30.7 Å². The molecule has 22 heavy (non-hydrogen) atoms. The second-order valence-electron chi connectivity index (χ2n) is 5.72. The second kappa shape index (κ2) is 6.56. The molecule has 7 heteroatoms. The number of aliphatic hydroxyl groups excluding tert-OH is 1. The summed E-state index contributed by atoms with van der Waals surface area (Å²) in [6, 6.07) is 5.87. The average molecular weight is 346 g/mol. The first-order chi connectivity index (χ1) is 10.3. The minimum atomic E-state index is -3.82. The normalized spacial score (nSPS) is 18.9. The van der Waals surface area contributed by atoms with Crippen molar-refractivity contribution in [3.8, 4) is 0 Å². The van der Waals surface area contributed by atoms with E-state index in [2.05, 4.69) is 5.32 Å². The quantitative estimate of drug-likeness (QED) is 0.854. The lowest BCUT2D eigenvalue weighted by Gasteiger charge is -2.28. The van der Waals surface area contributed by atoms with Crippen LogP contribution in [0.5, 0.6) is 0 Å². The van der Waals surface area contributed by atoms with Gasteiger partial charge < -0.3 is 10.4 Å². The van der Waals surface area contributed by atoms with Crippen molar-refractivity contribution >= 4 is 27.3 Å². The molecular formula is C15H20ClNO4S. The van der Waals surface area contributed by atoms with Crippen LogP contribution >= 0.6 is 11.6 Å². The maximum atomic E-state index is 13.0. The first kappa shape index (κ1) is 17.2. The van der Waals surface area contributed by atoms with Crippen LogP contribution in [0.1, 0.15) is 32.6 Å². The number of sulfone groups is 1. The Labute approximate surface area is 135 Å². The van der Waals surface area contributed by atoms with Gasteiger partial charge in [0.15, 0.2) is 14.6 Å². The molecule has 0 saturated heterocycles. The summed E-state index contributed by atoms with van der Waals surface area (Å²) in [4.78, 5) is 12.6. The Kier molecular flexibility index (Phi) is 5.14. The van der Waals surface area contributed by atoms with Gasteiger partial charge in [0.2, 0.25) is 5.91 Å². The van der Waals surface area contributed by atoms with Crippen molar-refractivity contribution < 1.29 is 18.3 Å². The average Bonchev–Trinajstić information content (AvgIpc) is 2.96. The number of carbonyl (C=O) groups is 1. The summed E-state index contributed by atoms with van der Waals surface area (Å²) in [6.07, 6.45) is 1.25. The van der Waals surface area contributed by atoms with E-state index in [0.717, 1.165) is 0 Å². The van der Waals surface area contributed by atoms with Gasteiger partial charge in [-0.2, -0.15) is 0 Å². The van der Waals surface area contributed by atoms with E-state index < -0.39 is 26.6 Å². The van der Waals surface area contributed by atoms with Crippen LogP contribution in [-0.2, 0) is 14.6 Å².